The number of halogens is 1. The minimum atomic E-state index is -1.33. The molecule has 5 nitrogen and oxygen atoms in total. The van der Waals surface area contributed by atoms with Crippen molar-refractivity contribution in [2.45, 2.75) is 37.5 Å². The number of nitrogens with zero attached hydrogens (tertiary/aromatic N) is 2. The van der Waals surface area contributed by atoms with E-state index in [2.05, 4.69) is 12.1 Å². The lowest BCUT2D eigenvalue weighted by Crippen LogP contribution is -2.45. The van der Waals surface area contributed by atoms with E-state index in [-0.39, 0.29) is 24.7 Å². The van der Waals surface area contributed by atoms with Crippen LogP contribution in [0.4, 0.5) is 4.39 Å². The first kappa shape index (κ1) is 21.2. The number of hydrogen-bond donors (Lipinski definition) is 0. The predicted molar refractivity (Wildman–Crippen MR) is 115 cm³/mol. The summed E-state index contributed by atoms with van der Waals surface area (Å²) in [6.07, 6.45) is 2.57. The zero-order valence-corrected chi connectivity index (χ0v) is 17.7. The zero-order valence-electron chi connectivity index (χ0n) is 17.7. The van der Waals surface area contributed by atoms with Crippen molar-refractivity contribution in [3.63, 3.8) is 0 Å². The predicted octanol–water partition coefficient (Wildman–Crippen LogP) is 3.32. The molecular weight excluding hydrogens is 395 g/mol. The van der Waals surface area contributed by atoms with Gasteiger partial charge in [0.05, 0.1) is 5.41 Å². The van der Waals surface area contributed by atoms with Crippen molar-refractivity contribution < 1.29 is 18.8 Å². The van der Waals surface area contributed by atoms with Crippen molar-refractivity contribution in [2.75, 3.05) is 20.1 Å². The van der Waals surface area contributed by atoms with Crippen molar-refractivity contribution in [3.05, 3.63) is 71.5 Å². The Morgan fingerprint density at radius 1 is 1.06 bits per heavy atom. The fraction of sp³-hybridized carbons (Fsp3) is 0.400. The van der Waals surface area contributed by atoms with E-state index in [9.17, 15) is 18.8 Å². The Hall–Kier alpha value is -3.02. The van der Waals surface area contributed by atoms with Crippen LogP contribution < -0.4 is 0 Å². The summed E-state index contributed by atoms with van der Waals surface area (Å²) in [5.41, 5.74) is 0.365. The molecule has 3 amide bonds. The Morgan fingerprint density at radius 2 is 1.77 bits per heavy atom. The first-order valence-electron chi connectivity index (χ1n) is 10.8. The molecule has 2 heterocycles. The second kappa shape index (κ2) is 8.61. The second-order valence-corrected chi connectivity index (χ2v) is 8.72. The summed E-state index contributed by atoms with van der Waals surface area (Å²) in [6, 6.07) is 16.0. The van der Waals surface area contributed by atoms with Crippen LogP contribution in [0.15, 0.2) is 54.6 Å². The average Bonchev–Trinajstić information content (AvgIpc) is 2.99. The molecule has 4 rings (SSSR count). The minimum absolute atomic E-state index is 0.109. The smallest absolute Gasteiger partial charge is 0.240 e. The van der Waals surface area contributed by atoms with Crippen molar-refractivity contribution in [2.24, 2.45) is 5.92 Å². The van der Waals surface area contributed by atoms with Gasteiger partial charge in [0.25, 0.3) is 0 Å². The molecule has 2 aliphatic heterocycles. The summed E-state index contributed by atoms with van der Waals surface area (Å²) in [6.45, 7) is 1.26. The molecule has 2 aromatic carbocycles. The van der Waals surface area contributed by atoms with Gasteiger partial charge in [-0.15, -0.1) is 0 Å². The van der Waals surface area contributed by atoms with Gasteiger partial charge in [-0.3, -0.25) is 19.3 Å². The van der Waals surface area contributed by atoms with Gasteiger partial charge in [-0.05, 0) is 48.4 Å². The summed E-state index contributed by atoms with van der Waals surface area (Å²) < 4.78 is 13.9. The number of rotatable bonds is 5. The van der Waals surface area contributed by atoms with Crippen LogP contribution in [0.5, 0.6) is 0 Å². The molecule has 162 valence electrons. The summed E-state index contributed by atoms with van der Waals surface area (Å²) in [4.78, 5) is 41.4. The molecular formula is C25H27FN2O3. The standard InChI is InChI=1S/C25H27FN2O3/c1-27-22(29)16-25(24(27)31,20-8-5-9-21(26)15-20)17-23(30)28-12-10-19(11-13-28)14-18-6-3-2-4-7-18/h2-9,15,19H,10-14,16-17H2,1H3/t25-/m1/s1. The number of piperidine rings is 1. The first-order chi connectivity index (χ1) is 14.9. The number of carbonyl (C=O) groups excluding carboxylic acids is 3. The third kappa shape index (κ3) is 4.24. The first-order valence-corrected chi connectivity index (χ1v) is 10.8. The highest BCUT2D eigenvalue weighted by Crippen LogP contribution is 2.40. The Balaban J connectivity index is 1.47. The number of benzene rings is 2. The Kier molecular flexibility index (Phi) is 5.90. The molecule has 2 aromatic rings. The molecule has 1 atom stereocenters. The molecule has 2 fully saturated rings. The molecule has 0 bridgehead atoms. The lowest BCUT2D eigenvalue weighted by Gasteiger charge is -2.35. The van der Waals surface area contributed by atoms with E-state index in [0.717, 1.165) is 24.2 Å². The molecule has 0 N–H and O–H groups in total. The second-order valence-electron chi connectivity index (χ2n) is 8.72. The molecule has 0 aliphatic carbocycles. The van der Waals surface area contributed by atoms with E-state index in [1.54, 1.807) is 11.0 Å². The molecule has 31 heavy (non-hydrogen) atoms. The van der Waals surface area contributed by atoms with Crippen LogP contribution in [-0.2, 0) is 26.2 Å². The maximum absolute atomic E-state index is 13.9. The third-order valence-corrected chi connectivity index (χ3v) is 6.71. The summed E-state index contributed by atoms with van der Waals surface area (Å²) >= 11 is 0. The van der Waals surface area contributed by atoms with Crippen molar-refractivity contribution >= 4 is 17.7 Å². The number of carbonyl (C=O) groups is 3. The lowest BCUT2D eigenvalue weighted by molar-refractivity contribution is -0.142. The average molecular weight is 423 g/mol. The molecule has 0 unspecified atom stereocenters. The summed E-state index contributed by atoms with van der Waals surface area (Å²) in [5, 5.41) is 0. The maximum atomic E-state index is 13.9. The number of likely N-dealkylation sites (tertiary alicyclic amines) is 2. The maximum Gasteiger partial charge on any atom is 0.240 e. The van der Waals surface area contributed by atoms with Crippen LogP contribution >= 0.6 is 0 Å². The highest BCUT2D eigenvalue weighted by molar-refractivity contribution is 6.10. The molecule has 0 aromatic heterocycles. The van der Waals surface area contributed by atoms with Crippen LogP contribution in [0.1, 0.15) is 36.8 Å². The van der Waals surface area contributed by atoms with Gasteiger partial charge in [-0.2, -0.15) is 0 Å². The fourth-order valence-corrected chi connectivity index (χ4v) is 4.84. The van der Waals surface area contributed by atoms with Crippen LogP contribution in [0.3, 0.4) is 0 Å². The molecule has 6 heteroatoms. The van der Waals surface area contributed by atoms with Gasteiger partial charge in [-0.1, -0.05) is 42.5 Å². The number of likely N-dealkylation sites (N-methyl/N-ethyl adjacent to an activating group) is 1. The van der Waals surface area contributed by atoms with Gasteiger partial charge in [0.15, 0.2) is 0 Å². The lowest BCUT2D eigenvalue weighted by atomic mass is 9.75. The van der Waals surface area contributed by atoms with Crippen LogP contribution in [0.25, 0.3) is 0 Å². The number of imide groups is 1. The molecule has 0 radical (unpaired) electrons. The molecule has 2 aliphatic rings. The van der Waals surface area contributed by atoms with Gasteiger partial charge < -0.3 is 4.90 Å². The SMILES string of the molecule is CN1C(=O)C[C@@](CC(=O)N2CCC(Cc3ccccc3)CC2)(c2cccc(F)c2)C1=O. The van der Waals surface area contributed by atoms with Gasteiger partial charge in [0, 0.05) is 33.0 Å². The highest BCUT2D eigenvalue weighted by atomic mass is 19.1. The van der Waals surface area contributed by atoms with Crippen molar-refractivity contribution in [1.29, 1.82) is 0 Å². The van der Waals surface area contributed by atoms with E-state index < -0.39 is 17.1 Å². The quantitative estimate of drug-likeness (QED) is 0.695. The van der Waals surface area contributed by atoms with Crippen molar-refractivity contribution in [1.82, 2.24) is 9.80 Å². The van der Waals surface area contributed by atoms with Gasteiger partial charge in [0.1, 0.15) is 5.82 Å². The summed E-state index contributed by atoms with van der Waals surface area (Å²) in [5.74, 6) is -0.900. The molecule has 2 saturated heterocycles. The monoisotopic (exact) mass is 422 g/mol. The van der Waals surface area contributed by atoms with E-state index >= 15 is 0 Å². The number of amides is 3. The van der Waals surface area contributed by atoms with E-state index in [0.29, 0.717) is 24.6 Å². The van der Waals surface area contributed by atoms with Crippen LogP contribution in [0.2, 0.25) is 0 Å². The van der Waals surface area contributed by atoms with E-state index in [1.165, 1.54) is 30.8 Å². The largest absolute Gasteiger partial charge is 0.343 e. The molecule has 0 saturated carbocycles. The zero-order chi connectivity index (χ0) is 22.0. The Morgan fingerprint density at radius 3 is 2.39 bits per heavy atom. The normalized spacial score (nSPS) is 22.3. The van der Waals surface area contributed by atoms with E-state index in [4.69, 9.17) is 0 Å². The van der Waals surface area contributed by atoms with Gasteiger partial charge >= 0.3 is 0 Å². The molecule has 0 spiro atoms. The Bertz CT molecular complexity index is 985. The van der Waals surface area contributed by atoms with Crippen molar-refractivity contribution in [3.8, 4) is 0 Å². The summed E-state index contributed by atoms with van der Waals surface area (Å²) in [7, 11) is 1.42. The third-order valence-electron chi connectivity index (χ3n) is 6.71. The topological polar surface area (TPSA) is 57.7 Å². The van der Waals surface area contributed by atoms with Crippen LogP contribution in [0, 0.1) is 11.7 Å². The van der Waals surface area contributed by atoms with E-state index in [1.807, 2.05) is 18.2 Å². The van der Waals surface area contributed by atoms with Gasteiger partial charge in [-0.25, -0.2) is 4.39 Å². The Labute approximate surface area is 181 Å². The van der Waals surface area contributed by atoms with Crippen LogP contribution in [-0.4, -0.2) is 47.7 Å². The number of hydrogen-bond acceptors (Lipinski definition) is 3. The minimum Gasteiger partial charge on any atom is -0.343 e. The highest BCUT2D eigenvalue weighted by Gasteiger charge is 2.53. The van der Waals surface area contributed by atoms with Gasteiger partial charge in [0.2, 0.25) is 17.7 Å². The fourth-order valence-electron chi connectivity index (χ4n) is 4.84.